The molecule has 2 N–H and O–H groups in total. The topological polar surface area (TPSA) is 62.2 Å². The fourth-order valence-electron chi connectivity index (χ4n) is 1.96. The van der Waals surface area contributed by atoms with Crippen molar-refractivity contribution in [2.75, 3.05) is 5.32 Å². The fourth-order valence-corrected chi connectivity index (χ4v) is 2.66. The first-order valence-corrected chi connectivity index (χ1v) is 7.01. The maximum Gasteiger partial charge on any atom is 0.230 e. The van der Waals surface area contributed by atoms with E-state index in [2.05, 4.69) is 10.3 Å². The number of amides is 1. The normalized spacial score (nSPS) is 10.6. The van der Waals surface area contributed by atoms with Crippen LogP contribution in [0, 0.1) is 0 Å². The number of benzene rings is 1. The van der Waals surface area contributed by atoms with Crippen molar-refractivity contribution in [1.82, 2.24) is 4.98 Å². The number of carbonyl (C=O) groups is 1. The summed E-state index contributed by atoms with van der Waals surface area (Å²) >= 11 is 1.55. The van der Waals surface area contributed by atoms with Gasteiger partial charge < -0.3 is 10.4 Å². The molecule has 0 fully saturated rings. The number of pyridine rings is 1. The summed E-state index contributed by atoms with van der Waals surface area (Å²) in [6.07, 6.45) is 0.332. The number of phenolic OH excluding ortho intramolecular Hbond substituents is 1. The minimum Gasteiger partial charge on any atom is -0.506 e. The second kappa shape index (κ2) is 5.30. The summed E-state index contributed by atoms with van der Waals surface area (Å²) in [5.41, 5.74) is 0.487. The van der Waals surface area contributed by atoms with E-state index in [-0.39, 0.29) is 11.7 Å². The van der Waals surface area contributed by atoms with Gasteiger partial charge in [-0.15, -0.1) is 11.3 Å². The molecule has 0 unspecified atom stereocenters. The van der Waals surface area contributed by atoms with Crippen LogP contribution in [0.1, 0.15) is 4.88 Å². The van der Waals surface area contributed by atoms with E-state index in [0.717, 1.165) is 10.3 Å². The van der Waals surface area contributed by atoms with Gasteiger partial charge in [0.15, 0.2) is 0 Å². The fraction of sp³-hybridized carbons (Fsp3) is 0.0667. The van der Waals surface area contributed by atoms with Crippen molar-refractivity contribution < 1.29 is 9.90 Å². The number of fused-ring (bicyclic) bond motifs is 1. The molecule has 0 bridgehead atoms. The van der Waals surface area contributed by atoms with E-state index in [1.165, 1.54) is 0 Å². The smallest absolute Gasteiger partial charge is 0.230 e. The van der Waals surface area contributed by atoms with Crippen LogP contribution in [0.4, 0.5) is 5.82 Å². The van der Waals surface area contributed by atoms with E-state index in [4.69, 9.17) is 0 Å². The Morgan fingerprint density at radius 1 is 1.20 bits per heavy atom. The van der Waals surface area contributed by atoms with Crippen molar-refractivity contribution in [3.8, 4) is 5.75 Å². The molecule has 0 aliphatic carbocycles. The molecular weight excluding hydrogens is 272 g/mol. The van der Waals surface area contributed by atoms with Gasteiger partial charge in [0.25, 0.3) is 0 Å². The zero-order valence-corrected chi connectivity index (χ0v) is 11.4. The van der Waals surface area contributed by atoms with Crippen molar-refractivity contribution in [1.29, 1.82) is 0 Å². The molecule has 0 radical (unpaired) electrons. The van der Waals surface area contributed by atoms with Crippen LogP contribution in [-0.2, 0) is 11.2 Å². The molecule has 20 heavy (non-hydrogen) atoms. The Morgan fingerprint density at radius 2 is 2.10 bits per heavy atom. The van der Waals surface area contributed by atoms with E-state index in [9.17, 15) is 9.90 Å². The molecule has 0 atom stereocenters. The number of aromatic hydroxyl groups is 1. The second-order valence-corrected chi connectivity index (χ2v) is 5.38. The Balaban J connectivity index is 1.80. The average Bonchev–Trinajstić information content (AvgIpc) is 2.92. The van der Waals surface area contributed by atoms with E-state index >= 15 is 0 Å². The number of phenols is 1. The summed E-state index contributed by atoms with van der Waals surface area (Å²) in [7, 11) is 0. The SMILES string of the molecule is O=C(Cc1cccs1)Nc1ccc2cccc(O)c2n1. The van der Waals surface area contributed by atoms with Gasteiger partial charge in [0.05, 0.1) is 6.42 Å². The molecule has 2 heterocycles. The minimum atomic E-state index is -0.116. The first-order valence-electron chi connectivity index (χ1n) is 6.13. The van der Waals surface area contributed by atoms with E-state index in [1.807, 2.05) is 29.6 Å². The summed E-state index contributed by atoms with van der Waals surface area (Å²) in [5, 5.41) is 15.3. The van der Waals surface area contributed by atoms with Crippen molar-refractivity contribution in [3.63, 3.8) is 0 Å². The number of aromatic nitrogens is 1. The number of hydrogen-bond acceptors (Lipinski definition) is 4. The predicted molar refractivity (Wildman–Crippen MR) is 80.1 cm³/mol. The van der Waals surface area contributed by atoms with Gasteiger partial charge in [-0.2, -0.15) is 0 Å². The average molecular weight is 284 g/mol. The molecular formula is C15H12N2O2S. The van der Waals surface area contributed by atoms with Crippen LogP contribution in [-0.4, -0.2) is 16.0 Å². The largest absolute Gasteiger partial charge is 0.506 e. The number of thiophene rings is 1. The summed E-state index contributed by atoms with van der Waals surface area (Å²) < 4.78 is 0. The Kier molecular flexibility index (Phi) is 3.35. The third kappa shape index (κ3) is 2.62. The number of carbonyl (C=O) groups excluding carboxylic acids is 1. The van der Waals surface area contributed by atoms with Crippen LogP contribution < -0.4 is 5.32 Å². The lowest BCUT2D eigenvalue weighted by Crippen LogP contribution is -2.14. The van der Waals surface area contributed by atoms with Crippen molar-refractivity contribution >= 4 is 34.0 Å². The van der Waals surface area contributed by atoms with Crippen molar-refractivity contribution in [2.24, 2.45) is 0 Å². The zero-order valence-electron chi connectivity index (χ0n) is 10.5. The maximum atomic E-state index is 11.9. The van der Waals surface area contributed by atoms with E-state index in [1.54, 1.807) is 29.5 Å². The molecule has 0 saturated heterocycles. The van der Waals surface area contributed by atoms with Crippen molar-refractivity contribution in [2.45, 2.75) is 6.42 Å². The molecule has 100 valence electrons. The standard InChI is InChI=1S/C15H12N2O2S/c18-12-5-1-3-10-6-7-13(17-15(10)12)16-14(19)9-11-4-2-8-20-11/h1-8,18H,9H2,(H,16,17,19). The highest BCUT2D eigenvalue weighted by atomic mass is 32.1. The van der Waals surface area contributed by atoms with Crippen LogP contribution in [0.2, 0.25) is 0 Å². The van der Waals surface area contributed by atoms with Gasteiger partial charge in [0, 0.05) is 10.3 Å². The van der Waals surface area contributed by atoms with Crippen LogP contribution in [0.5, 0.6) is 5.75 Å². The maximum absolute atomic E-state index is 11.9. The Hall–Kier alpha value is -2.40. The number of para-hydroxylation sites is 1. The third-order valence-corrected chi connectivity index (χ3v) is 3.76. The molecule has 3 aromatic rings. The molecule has 0 spiro atoms. The van der Waals surface area contributed by atoms with Gasteiger partial charge in [0.1, 0.15) is 17.1 Å². The van der Waals surface area contributed by atoms with Crippen molar-refractivity contribution in [3.05, 3.63) is 52.7 Å². The third-order valence-electron chi connectivity index (χ3n) is 2.88. The summed E-state index contributed by atoms with van der Waals surface area (Å²) in [6, 6.07) is 12.6. The number of hydrogen-bond donors (Lipinski definition) is 2. The Labute approximate surface area is 119 Å². The lowest BCUT2D eigenvalue weighted by Gasteiger charge is -2.06. The molecule has 1 amide bonds. The minimum absolute atomic E-state index is 0.108. The first-order chi connectivity index (χ1) is 9.72. The molecule has 0 aliphatic heterocycles. The van der Waals surface area contributed by atoms with Gasteiger partial charge in [-0.25, -0.2) is 4.98 Å². The van der Waals surface area contributed by atoms with Crippen LogP contribution in [0.3, 0.4) is 0 Å². The van der Waals surface area contributed by atoms with Gasteiger partial charge in [-0.3, -0.25) is 4.79 Å². The van der Waals surface area contributed by atoms with E-state index < -0.39 is 0 Å². The molecule has 4 nitrogen and oxygen atoms in total. The van der Waals surface area contributed by atoms with Crippen LogP contribution >= 0.6 is 11.3 Å². The summed E-state index contributed by atoms with van der Waals surface area (Å²) in [5.74, 6) is 0.437. The van der Waals surface area contributed by atoms with E-state index in [0.29, 0.717) is 17.8 Å². The number of nitrogens with zero attached hydrogens (tertiary/aromatic N) is 1. The Bertz CT molecular complexity index is 754. The molecule has 1 aromatic carbocycles. The highest BCUT2D eigenvalue weighted by molar-refractivity contribution is 7.10. The molecule has 0 aliphatic rings. The number of rotatable bonds is 3. The Morgan fingerprint density at radius 3 is 2.90 bits per heavy atom. The lowest BCUT2D eigenvalue weighted by atomic mass is 10.2. The van der Waals surface area contributed by atoms with Gasteiger partial charge in [-0.05, 0) is 29.6 Å². The molecule has 5 heteroatoms. The first kappa shape index (κ1) is 12.6. The highest BCUT2D eigenvalue weighted by Gasteiger charge is 2.07. The highest BCUT2D eigenvalue weighted by Crippen LogP contribution is 2.23. The van der Waals surface area contributed by atoms with Gasteiger partial charge in [0.2, 0.25) is 5.91 Å². The molecule has 0 saturated carbocycles. The summed E-state index contributed by atoms with van der Waals surface area (Å²) in [4.78, 5) is 17.2. The number of anilines is 1. The van der Waals surface area contributed by atoms with Gasteiger partial charge in [-0.1, -0.05) is 18.2 Å². The predicted octanol–water partition coefficient (Wildman–Crippen LogP) is 3.18. The van der Waals surface area contributed by atoms with Crippen LogP contribution in [0.25, 0.3) is 10.9 Å². The quantitative estimate of drug-likeness (QED) is 0.776. The zero-order chi connectivity index (χ0) is 13.9. The van der Waals surface area contributed by atoms with Crippen LogP contribution in [0.15, 0.2) is 47.8 Å². The monoisotopic (exact) mass is 284 g/mol. The molecule has 2 aromatic heterocycles. The number of nitrogens with one attached hydrogen (secondary N) is 1. The molecule has 3 rings (SSSR count). The summed E-state index contributed by atoms with van der Waals surface area (Å²) in [6.45, 7) is 0. The second-order valence-electron chi connectivity index (χ2n) is 4.35. The van der Waals surface area contributed by atoms with Gasteiger partial charge >= 0.3 is 0 Å². The lowest BCUT2D eigenvalue weighted by molar-refractivity contribution is -0.115.